The number of benzene rings is 1. The van der Waals surface area contributed by atoms with E-state index < -0.39 is 0 Å². The first-order valence-electron chi connectivity index (χ1n) is 9.66. The van der Waals surface area contributed by atoms with Crippen molar-refractivity contribution in [3.05, 3.63) is 29.8 Å². The van der Waals surface area contributed by atoms with E-state index in [2.05, 4.69) is 53.5 Å². The second-order valence-electron chi connectivity index (χ2n) is 7.13. The molecule has 0 amide bonds. The minimum atomic E-state index is 0.586. The molecule has 1 aromatic rings. The fourth-order valence-corrected chi connectivity index (χ4v) is 3.05. The van der Waals surface area contributed by atoms with Gasteiger partial charge in [-0.3, -0.25) is 0 Å². The van der Waals surface area contributed by atoms with Crippen LogP contribution in [0.5, 0.6) is 5.75 Å². The molecule has 0 saturated carbocycles. The molecule has 0 spiro atoms. The van der Waals surface area contributed by atoms with Gasteiger partial charge in [-0.15, -0.1) is 0 Å². The lowest BCUT2D eigenvalue weighted by molar-refractivity contribution is 0.139. The Bertz CT molecular complexity index is 538. The van der Waals surface area contributed by atoms with Crippen LogP contribution in [0.2, 0.25) is 0 Å². The minimum absolute atomic E-state index is 0.586. The van der Waals surface area contributed by atoms with Crippen LogP contribution in [0, 0.1) is 5.92 Å². The Hall–Kier alpha value is -1.79. The van der Waals surface area contributed by atoms with Crippen molar-refractivity contribution in [3.63, 3.8) is 0 Å². The van der Waals surface area contributed by atoms with Gasteiger partial charge in [0.05, 0.1) is 13.7 Å². The van der Waals surface area contributed by atoms with Crippen LogP contribution in [0.15, 0.2) is 29.3 Å². The van der Waals surface area contributed by atoms with Gasteiger partial charge < -0.3 is 25.2 Å². The molecular formula is C20H35N5O. The molecule has 2 N–H and O–H groups in total. The van der Waals surface area contributed by atoms with Crippen LogP contribution in [-0.2, 0) is 6.54 Å². The maximum atomic E-state index is 5.20. The zero-order valence-corrected chi connectivity index (χ0v) is 16.8. The number of rotatable bonds is 8. The highest BCUT2D eigenvalue weighted by Crippen LogP contribution is 2.11. The fraction of sp³-hybridized carbons (Fsp3) is 0.650. The Balaban J connectivity index is 1.78. The van der Waals surface area contributed by atoms with Crippen molar-refractivity contribution in [2.75, 3.05) is 60.0 Å². The quantitative estimate of drug-likeness (QED) is 0.545. The predicted octanol–water partition coefficient (Wildman–Crippen LogP) is 1.63. The molecule has 1 aliphatic rings. The lowest BCUT2D eigenvalue weighted by Gasteiger charge is -2.34. The van der Waals surface area contributed by atoms with Gasteiger partial charge in [-0.2, -0.15) is 0 Å². The molecule has 6 nitrogen and oxygen atoms in total. The van der Waals surface area contributed by atoms with E-state index in [1.165, 1.54) is 31.7 Å². The number of piperazine rings is 1. The summed E-state index contributed by atoms with van der Waals surface area (Å²) in [7, 11) is 3.88. The van der Waals surface area contributed by atoms with Crippen molar-refractivity contribution in [1.82, 2.24) is 20.4 Å². The summed E-state index contributed by atoms with van der Waals surface area (Å²) >= 11 is 0. The van der Waals surface area contributed by atoms with Gasteiger partial charge in [0, 0.05) is 45.8 Å². The van der Waals surface area contributed by atoms with Crippen molar-refractivity contribution in [2.45, 2.75) is 20.4 Å². The second kappa shape index (κ2) is 11.0. The van der Waals surface area contributed by atoms with Crippen molar-refractivity contribution in [1.29, 1.82) is 0 Å². The molecule has 1 aliphatic heterocycles. The number of nitrogens with one attached hydrogen (secondary N) is 2. The summed E-state index contributed by atoms with van der Waals surface area (Å²) < 4.78 is 5.20. The first kappa shape index (κ1) is 20.5. The number of nitrogens with zero attached hydrogens (tertiary/aromatic N) is 3. The molecule has 26 heavy (non-hydrogen) atoms. The standard InChI is InChI=1S/C20H35N5O/c1-5-21-20(23-15-18-6-8-19(26-4)9-7-18)22-14-17(2)16-25-12-10-24(3)11-13-25/h6-9,17H,5,10-16H2,1-4H3,(H2,21,22,23). The average Bonchev–Trinajstić information content (AvgIpc) is 2.66. The zero-order valence-electron chi connectivity index (χ0n) is 16.8. The van der Waals surface area contributed by atoms with Crippen molar-refractivity contribution < 1.29 is 4.74 Å². The van der Waals surface area contributed by atoms with Crippen LogP contribution < -0.4 is 15.4 Å². The highest BCUT2D eigenvalue weighted by Gasteiger charge is 2.16. The molecule has 0 bridgehead atoms. The first-order valence-corrected chi connectivity index (χ1v) is 9.66. The van der Waals surface area contributed by atoms with Crippen LogP contribution >= 0.6 is 0 Å². The molecule has 0 aliphatic carbocycles. The average molecular weight is 362 g/mol. The SMILES string of the molecule is CCNC(=NCc1ccc(OC)cc1)NCC(C)CN1CCN(C)CC1. The number of aliphatic imine (C=N–C) groups is 1. The summed E-state index contributed by atoms with van der Waals surface area (Å²) in [5, 5.41) is 6.82. The van der Waals surface area contributed by atoms with Gasteiger partial charge >= 0.3 is 0 Å². The third kappa shape index (κ3) is 7.22. The van der Waals surface area contributed by atoms with Gasteiger partial charge in [-0.1, -0.05) is 19.1 Å². The van der Waals surface area contributed by atoms with E-state index in [0.29, 0.717) is 12.5 Å². The van der Waals surface area contributed by atoms with Gasteiger partial charge in [0.1, 0.15) is 5.75 Å². The van der Waals surface area contributed by atoms with Gasteiger partial charge in [0.15, 0.2) is 5.96 Å². The molecule has 146 valence electrons. The van der Waals surface area contributed by atoms with Crippen LogP contribution in [0.1, 0.15) is 19.4 Å². The van der Waals surface area contributed by atoms with E-state index in [1.807, 2.05) is 12.1 Å². The Morgan fingerprint density at radius 3 is 2.46 bits per heavy atom. The lowest BCUT2D eigenvalue weighted by atomic mass is 10.1. The molecule has 1 unspecified atom stereocenters. The van der Waals surface area contributed by atoms with Crippen molar-refractivity contribution in [3.8, 4) is 5.75 Å². The van der Waals surface area contributed by atoms with Crippen LogP contribution in [-0.4, -0.2) is 75.7 Å². The third-order valence-electron chi connectivity index (χ3n) is 4.71. The third-order valence-corrected chi connectivity index (χ3v) is 4.71. The summed E-state index contributed by atoms with van der Waals surface area (Å²) in [5.41, 5.74) is 1.17. The Labute approximate surface area is 158 Å². The Kier molecular flexibility index (Phi) is 8.71. The van der Waals surface area contributed by atoms with Gasteiger partial charge in [-0.25, -0.2) is 4.99 Å². The molecule has 1 saturated heterocycles. The molecule has 1 aromatic carbocycles. The summed E-state index contributed by atoms with van der Waals surface area (Å²) in [6.45, 7) is 12.7. The number of likely N-dealkylation sites (N-methyl/N-ethyl adjacent to an activating group) is 1. The van der Waals surface area contributed by atoms with Crippen LogP contribution in [0.4, 0.5) is 0 Å². The normalized spacial score (nSPS) is 17.8. The van der Waals surface area contributed by atoms with E-state index in [9.17, 15) is 0 Å². The molecule has 1 atom stereocenters. The van der Waals surface area contributed by atoms with E-state index in [1.54, 1.807) is 7.11 Å². The summed E-state index contributed by atoms with van der Waals surface area (Å²) in [5.74, 6) is 2.34. The van der Waals surface area contributed by atoms with E-state index in [4.69, 9.17) is 9.73 Å². The van der Waals surface area contributed by atoms with Gasteiger partial charge in [-0.05, 0) is 37.6 Å². The zero-order chi connectivity index (χ0) is 18.8. The van der Waals surface area contributed by atoms with Gasteiger partial charge in [0.2, 0.25) is 0 Å². The summed E-state index contributed by atoms with van der Waals surface area (Å²) in [6.07, 6.45) is 0. The largest absolute Gasteiger partial charge is 0.497 e. The topological polar surface area (TPSA) is 52.1 Å². The lowest BCUT2D eigenvalue weighted by Crippen LogP contribution is -2.47. The second-order valence-corrected chi connectivity index (χ2v) is 7.13. The maximum absolute atomic E-state index is 5.20. The highest BCUT2D eigenvalue weighted by atomic mass is 16.5. The van der Waals surface area contributed by atoms with E-state index in [0.717, 1.165) is 31.3 Å². The highest BCUT2D eigenvalue weighted by molar-refractivity contribution is 5.79. The monoisotopic (exact) mass is 361 g/mol. The first-order chi connectivity index (χ1) is 12.6. The van der Waals surface area contributed by atoms with E-state index in [-0.39, 0.29) is 0 Å². The number of hydrogen-bond donors (Lipinski definition) is 2. The molecule has 1 fully saturated rings. The molecular weight excluding hydrogens is 326 g/mol. The van der Waals surface area contributed by atoms with Crippen LogP contribution in [0.3, 0.4) is 0 Å². The number of methoxy groups -OCH3 is 1. The van der Waals surface area contributed by atoms with Gasteiger partial charge in [0.25, 0.3) is 0 Å². The minimum Gasteiger partial charge on any atom is -0.497 e. The van der Waals surface area contributed by atoms with E-state index >= 15 is 0 Å². The number of ether oxygens (including phenoxy) is 1. The summed E-state index contributed by atoms with van der Waals surface area (Å²) in [6, 6.07) is 8.07. The molecule has 6 heteroatoms. The number of hydrogen-bond acceptors (Lipinski definition) is 4. The Morgan fingerprint density at radius 2 is 1.85 bits per heavy atom. The number of guanidine groups is 1. The predicted molar refractivity (Wildman–Crippen MR) is 109 cm³/mol. The summed E-state index contributed by atoms with van der Waals surface area (Å²) in [4.78, 5) is 9.66. The molecule has 1 heterocycles. The smallest absolute Gasteiger partial charge is 0.191 e. The molecule has 2 rings (SSSR count). The van der Waals surface area contributed by atoms with Crippen LogP contribution in [0.25, 0.3) is 0 Å². The molecule has 0 aromatic heterocycles. The van der Waals surface area contributed by atoms with Crippen molar-refractivity contribution >= 4 is 5.96 Å². The molecule has 0 radical (unpaired) electrons. The fourth-order valence-electron chi connectivity index (χ4n) is 3.05. The Morgan fingerprint density at radius 1 is 1.15 bits per heavy atom. The maximum Gasteiger partial charge on any atom is 0.191 e. The van der Waals surface area contributed by atoms with Crippen molar-refractivity contribution in [2.24, 2.45) is 10.9 Å².